The van der Waals surface area contributed by atoms with E-state index < -0.39 is 4.92 Å². The van der Waals surface area contributed by atoms with Gasteiger partial charge in [-0.1, -0.05) is 15.9 Å². The third-order valence-electron chi connectivity index (χ3n) is 2.93. The third-order valence-corrected chi connectivity index (χ3v) is 3.43. The summed E-state index contributed by atoms with van der Waals surface area (Å²) < 4.78 is 0.651. The second-order valence-electron chi connectivity index (χ2n) is 4.13. The van der Waals surface area contributed by atoms with Gasteiger partial charge in [-0.15, -0.1) is 0 Å². The molecule has 1 aromatic carbocycles. The Morgan fingerprint density at radius 1 is 1.39 bits per heavy atom. The lowest BCUT2D eigenvalue weighted by atomic mass is 10.2. The number of rotatable bonds is 2. The molecule has 0 radical (unpaired) electrons. The fraction of sp³-hybridized carbons (Fsp3) is 0.364. The number of likely N-dealkylation sites (N-methyl/N-ethyl adjacent to an activating group) is 1. The summed E-state index contributed by atoms with van der Waals surface area (Å²) in [6.07, 6.45) is 0. The molecule has 1 fully saturated rings. The van der Waals surface area contributed by atoms with Crippen LogP contribution in [0.15, 0.2) is 22.7 Å². The predicted molar refractivity (Wildman–Crippen MR) is 70.6 cm³/mol. The smallest absolute Gasteiger partial charge is 0.293 e. The van der Waals surface area contributed by atoms with Gasteiger partial charge in [-0.25, -0.2) is 0 Å². The average Bonchev–Trinajstić information content (AvgIpc) is 2.32. The molecule has 1 aromatic rings. The number of nitro groups is 1. The number of nitro benzene ring substituents is 1. The van der Waals surface area contributed by atoms with E-state index in [1.165, 1.54) is 6.07 Å². The summed E-state index contributed by atoms with van der Waals surface area (Å²) in [5, 5.41) is 11.0. The molecule has 7 heteroatoms. The number of benzene rings is 1. The molecule has 0 bridgehead atoms. The minimum atomic E-state index is -0.428. The van der Waals surface area contributed by atoms with Gasteiger partial charge >= 0.3 is 0 Å². The molecule has 0 saturated carbocycles. The molecule has 1 heterocycles. The molecule has 2 rings (SSSR count). The first-order valence-corrected chi connectivity index (χ1v) is 6.21. The Bertz CT molecular complexity index is 506. The fourth-order valence-electron chi connectivity index (χ4n) is 1.87. The molecule has 0 aliphatic carbocycles. The van der Waals surface area contributed by atoms with Crippen molar-refractivity contribution in [1.29, 1.82) is 0 Å². The van der Waals surface area contributed by atoms with Crippen molar-refractivity contribution in [2.24, 2.45) is 0 Å². The Morgan fingerprint density at radius 2 is 2.11 bits per heavy atom. The van der Waals surface area contributed by atoms with Gasteiger partial charge in [-0.2, -0.15) is 0 Å². The second kappa shape index (κ2) is 4.93. The van der Waals surface area contributed by atoms with E-state index in [-0.39, 0.29) is 18.1 Å². The summed E-state index contributed by atoms with van der Waals surface area (Å²) in [7, 11) is 1.73. The lowest BCUT2D eigenvalue weighted by Crippen LogP contribution is -2.48. The number of amides is 1. The Balaban J connectivity index is 2.33. The van der Waals surface area contributed by atoms with Gasteiger partial charge in [-0.3, -0.25) is 14.9 Å². The molecule has 6 nitrogen and oxygen atoms in total. The van der Waals surface area contributed by atoms with E-state index in [4.69, 9.17) is 0 Å². The molecule has 0 N–H and O–H groups in total. The Kier molecular flexibility index (Phi) is 3.51. The van der Waals surface area contributed by atoms with E-state index in [2.05, 4.69) is 15.9 Å². The fourth-order valence-corrected chi connectivity index (χ4v) is 2.22. The van der Waals surface area contributed by atoms with Crippen LogP contribution in [-0.4, -0.2) is 42.4 Å². The van der Waals surface area contributed by atoms with E-state index in [9.17, 15) is 14.9 Å². The molecule has 1 saturated heterocycles. The maximum absolute atomic E-state index is 11.6. The quantitative estimate of drug-likeness (QED) is 0.615. The number of nitrogens with zero attached hydrogens (tertiary/aromatic N) is 3. The monoisotopic (exact) mass is 313 g/mol. The zero-order chi connectivity index (χ0) is 13.3. The maximum atomic E-state index is 11.6. The molecule has 1 aliphatic heterocycles. The van der Waals surface area contributed by atoms with E-state index >= 15 is 0 Å². The highest BCUT2D eigenvalue weighted by Crippen LogP contribution is 2.31. The van der Waals surface area contributed by atoms with Crippen LogP contribution < -0.4 is 4.90 Å². The third kappa shape index (κ3) is 2.45. The molecule has 0 atom stereocenters. The van der Waals surface area contributed by atoms with Gasteiger partial charge in [0.15, 0.2) is 0 Å². The van der Waals surface area contributed by atoms with E-state index in [0.29, 0.717) is 23.2 Å². The van der Waals surface area contributed by atoms with Crippen LogP contribution in [0.3, 0.4) is 0 Å². The summed E-state index contributed by atoms with van der Waals surface area (Å²) in [5.41, 5.74) is 0.506. The highest BCUT2D eigenvalue weighted by Gasteiger charge is 2.26. The van der Waals surface area contributed by atoms with Crippen molar-refractivity contribution < 1.29 is 9.72 Å². The van der Waals surface area contributed by atoms with Crippen molar-refractivity contribution >= 4 is 33.2 Å². The Hall–Kier alpha value is -1.63. The molecule has 96 valence electrons. The van der Waals surface area contributed by atoms with Crippen LogP contribution in [0, 0.1) is 10.1 Å². The second-order valence-corrected chi connectivity index (χ2v) is 5.04. The summed E-state index contributed by atoms with van der Waals surface area (Å²) in [4.78, 5) is 25.6. The molecule has 18 heavy (non-hydrogen) atoms. The highest BCUT2D eigenvalue weighted by molar-refractivity contribution is 9.10. The Morgan fingerprint density at radius 3 is 2.72 bits per heavy atom. The molecular formula is C11H12BrN3O3. The largest absolute Gasteiger partial charge is 0.355 e. The molecule has 0 spiro atoms. The zero-order valence-electron chi connectivity index (χ0n) is 9.80. The van der Waals surface area contributed by atoms with Gasteiger partial charge in [0.25, 0.3) is 5.69 Å². The standard InChI is InChI=1S/C11H12BrN3O3/c1-13-4-5-14(7-11(13)16)9-3-2-8(12)6-10(9)15(17)18/h2-3,6H,4-5,7H2,1H3. The van der Waals surface area contributed by atoms with Crippen LogP contribution in [0.1, 0.15) is 0 Å². The minimum Gasteiger partial charge on any atom is -0.355 e. The summed E-state index contributed by atoms with van der Waals surface area (Å²) in [6, 6.07) is 4.87. The molecular weight excluding hydrogens is 302 g/mol. The SMILES string of the molecule is CN1CCN(c2ccc(Br)cc2[N+](=O)[O-])CC1=O. The highest BCUT2D eigenvalue weighted by atomic mass is 79.9. The topological polar surface area (TPSA) is 66.7 Å². The lowest BCUT2D eigenvalue weighted by Gasteiger charge is -2.33. The number of anilines is 1. The zero-order valence-corrected chi connectivity index (χ0v) is 11.4. The van der Waals surface area contributed by atoms with E-state index in [1.807, 2.05) is 0 Å². The van der Waals surface area contributed by atoms with Gasteiger partial charge in [0.2, 0.25) is 5.91 Å². The number of halogens is 1. The number of piperazine rings is 1. The van der Waals surface area contributed by atoms with Gasteiger partial charge in [0, 0.05) is 30.7 Å². The summed E-state index contributed by atoms with van der Waals surface area (Å²) in [6.45, 7) is 1.36. The molecule has 0 aromatic heterocycles. The summed E-state index contributed by atoms with van der Waals surface area (Å²) in [5.74, 6) is -0.0292. The molecule has 1 amide bonds. The van der Waals surface area contributed by atoms with Crippen LogP contribution in [0.4, 0.5) is 11.4 Å². The molecule has 0 unspecified atom stereocenters. The number of carbonyl (C=O) groups excluding carboxylic acids is 1. The van der Waals surface area contributed by atoms with Crippen molar-refractivity contribution in [3.8, 4) is 0 Å². The van der Waals surface area contributed by atoms with Gasteiger partial charge < -0.3 is 9.80 Å². The minimum absolute atomic E-state index is 0.0155. The number of carbonyl (C=O) groups is 1. The average molecular weight is 314 g/mol. The van der Waals surface area contributed by atoms with Crippen LogP contribution in [0.2, 0.25) is 0 Å². The Labute approximate surface area is 112 Å². The van der Waals surface area contributed by atoms with E-state index in [0.717, 1.165) is 0 Å². The van der Waals surface area contributed by atoms with Crippen molar-refractivity contribution in [2.45, 2.75) is 0 Å². The van der Waals surface area contributed by atoms with Crippen molar-refractivity contribution in [3.63, 3.8) is 0 Å². The van der Waals surface area contributed by atoms with E-state index in [1.54, 1.807) is 29.0 Å². The first-order valence-electron chi connectivity index (χ1n) is 5.42. The predicted octanol–water partition coefficient (Wildman–Crippen LogP) is 1.64. The first-order chi connectivity index (χ1) is 8.49. The van der Waals surface area contributed by atoms with Gasteiger partial charge in [0.05, 0.1) is 11.5 Å². The van der Waals surface area contributed by atoms with Crippen LogP contribution in [0.5, 0.6) is 0 Å². The maximum Gasteiger partial charge on any atom is 0.293 e. The number of hydrogen-bond donors (Lipinski definition) is 0. The van der Waals surface area contributed by atoms with Crippen molar-refractivity contribution in [3.05, 3.63) is 32.8 Å². The lowest BCUT2D eigenvalue weighted by molar-refractivity contribution is -0.384. The van der Waals surface area contributed by atoms with Crippen LogP contribution in [0.25, 0.3) is 0 Å². The van der Waals surface area contributed by atoms with Gasteiger partial charge in [-0.05, 0) is 12.1 Å². The van der Waals surface area contributed by atoms with Gasteiger partial charge in [0.1, 0.15) is 5.69 Å². The normalized spacial score (nSPS) is 16.0. The van der Waals surface area contributed by atoms with Crippen LogP contribution >= 0.6 is 15.9 Å². The van der Waals surface area contributed by atoms with Crippen molar-refractivity contribution in [2.75, 3.05) is 31.6 Å². The number of hydrogen-bond acceptors (Lipinski definition) is 4. The van der Waals surface area contributed by atoms with Crippen LogP contribution in [-0.2, 0) is 4.79 Å². The molecule has 1 aliphatic rings. The summed E-state index contributed by atoms with van der Waals surface area (Å²) >= 11 is 3.21. The van der Waals surface area contributed by atoms with Crippen molar-refractivity contribution in [1.82, 2.24) is 4.90 Å². The first kappa shape index (κ1) is 12.8.